The number of nitriles is 1. The van der Waals surface area contributed by atoms with Crippen LogP contribution >= 0.6 is 0 Å². The zero-order chi connectivity index (χ0) is 15.4. The molecular weight excluding hydrogens is 264 g/mol. The van der Waals surface area contributed by atoms with Crippen LogP contribution in [0.2, 0.25) is 0 Å². The molecule has 1 aromatic carbocycles. The average Bonchev–Trinajstić information content (AvgIpc) is 2.71. The lowest BCUT2D eigenvalue weighted by Crippen LogP contribution is -2.12. The van der Waals surface area contributed by atoms with Crippen LogP contribution in [0.3, 0.4) is 0 Å². The van der Waals surface area contributed by atoms with Crippen molar-refractivity contribution in [2.24, 2.45) is 7.05 Å². The van der Waals surface area contributed by atoms with E-state index >= 15 is 0 Å². The number of aryl methyl sites for hydroxylation is 2. The molecule has 0 aliphatic rings. The zero-order valence-electron chi connectivity index (χ0n) is 12.5. The van der Waals surface area contributed by atoms with Gasteiger partial charge in [-0.25, -0.2) is 0 Å². The topological polar surface area (TPSA) is 70.7 Å². The largest absolute Gasteiger partial charge is 0.326 e. The Bertz CT molecular complexity index is 692. The molecule has 0 unspecified atom stereocenters. The van der Waals surface area contributed by atoms with Crippen LogP contribution in [0.5, 0.6) is 0 Å². The van der Waals surface area contributed by atoms with E-state index in [1.165, 1.54) is 0 Å². The van der Waals surface area contributed by atoms with Gasteiger partial charge in [-0.2, -0.15) is 10.4 Å². The Balaban J connectivity index is 1.94. The van der Waals surface area contributed by atoms with E-state index in [-0.39, 0.29) is 5.91 Å². The van der Waals surface area contributed by atoms with Gasteiger partial charge in [0.1, 0.15) is 0 Å². The van der Waals surface area contributed by atoms with Crippen LogP contribution in [0.25, 0.3) is 0 Å². The van der Waals surface area contributed by atoms with E-state index in [0.717, 1.165) is 17.0 Å². The Morgan fingerprint density at radius 2 is 2.00 bits per heavy atom. The van der Waals surface area contributed by atoms with Crippen LogP contribution in [0.15, 0.2) is 24.3 Å². The first-order valence-corrected chi connectivity index (χ1v) is 6.80. The highest BCUT2D eigenvalue weighted by Gasteiger charge is 2.11. The molecule has 5 nitrogen and oxygen atoms in total. The molecule has 0 aliphatic carbocycles. The summed E-state index contributed by atoms with van der Waals surface area (Å²) in [4.78, 5) is 12.0. The Morgan fingerprint density at radius 3 is 2.52 bits per heavy atom. The predicted octanol–water partition coefficient (Wildman–Crippen LogP) is 2.48. The molecule has 0 radical (unpaired) electrons. The second-order valence-corrected chi connectivity index (χ2v) is 5.01. The number of hydrogen-bond acceptors (Lipinski definition) is 3. The smallest absolute Gasteiger partial charge is 0.224 e. The Kier molecular flexibility index (Phi) is 4.39. The van der Waals surface area contributed by atoms with Crippen LogP contribution in [-0.4, -0.2) is 15.7 Å². The van der Waals surface area contributed by atoms with E-state index in [9.17, 15) is 4.79 Å². The second kappa shape index (κ2) is 6.23. The first-order valence-electron chi connectivity index (χ1n) is 6.80. The molecule has 2 aromatic rings. The van der Waals surface area contributed by atoms with Crippen molar-refractivity contribution in [1.82, 2.24) is 9.78 Å². The first-order chi connectivity index (χ1) is 10.0. The van der Waals surface area contributed by atoms with Gasteiger partial charge in [-0.1, -0.05) is 0 Å². The quantitative estimate of drug-likeness (QED) is 0.936. The van der Waals surface area contributed by atoms with Gasteiger partial charge in [0, 0.05) is 24.8 Å². The summed E-state index contributed by atoms with van der Waals surface area (Å²) < 4.78 is 1.84. The van der Waals surface area contributed by atoms with Crippen molar-refractivity contribution in [3.05, 3.63) is 46.8 Å². The average molecular weight is 282 g/mol. The number of carbonyl (C=O) groups is 1. The summed E-state index contributed by atoms with van der Waals surface area (Å²) in [7, 11) is 1.91. The molecule has 0 bridgehead atoms. The van der Waals surface area contributed by atoms with Crippen LogP contribution in [0.4, 0.5) is 5.69 Å². The number of amides is 1. The van der Waals surface area contributed by atoms with Crippen molar-refractivity contribution >= 4 is 11.6 Å². The maximum atomic E-state index is 12.0. The third kappa shape index (κ3) is 3.48. The number of anilines is 1. The molecule has 1 amide bonds. The fourth-order valence-corrected chi connectivity index (χ4v) is 2.27. The van der Waals surface area contributed by atoms with Gasteiger partial charge in [0.25, 0.3) is 0 Å². The highest BCUT2D eigenvalue weighted by Crippen LogP contribution is 2.15. The van der Waals surface area contributed by atoms with Crippen molar-refractivity contribution in [1.29, 1.82) is 5.26 Å². The minimum atomic E-state index is -0.0395. The highest BCUT2D eigenvalue weighted by atomic mass is 16.1. The highest BCUT2D eigenvalue weighted by molar-refractivity contribution is 5.90. The molecule has 108 valence electrons. The van der Waals surface area contributed by atoms with Crippen molar-refractivity contribution in [3.8, 4) is 6.07 Å². The summed E-state index contributed by atoms with van der Waals surface area (Å²) in [5.74, 6) is -0.0395. The van der Waals surface area contributed by atoms with Crippen molar-refractivity contribution in [2.45, 2.75) is 26.7 Å². The molecule has 0 aliphatic heterocycles. The fourth-order valence-electron chi connectivity index (χ4n) is 2.27. The minimum Gasteiger partial charge on any atom is -0.326 e. The van der Waals surface area contributed by atoms with E-state index in [1.807, 2.05) is 31.6 Å². The van der Waals surface area contributed by atoms with Gasteiger partial charge in [-0.3, -0.25) is 9.48 Å². The van der Waals surface area contributed by atoms with Crippen LogP contribution in [0.1, 0.15) is 28.9 Å². The fraction of sp³-hybridized carbons (Fsp3) is 0.312. The lowest BCUT2D eigenvalue weighted by atomic mass is 10.1. The van der Waals surface area contributed by atoms with E-state index < -0.39 is 0 Å². The van der Waals surface area contributed by atoms with Crippen LogP contribution in [0, 0.1) is 25.2 Å². The number of rotatable bonds is 4. The molecule has 1 N–H and O–H groups in total. The standard InChI is InChI=1S/C16H18N4O/c1-11-15(12(2)20(3)19-11)8-9-16(21)18-14-6-4-13(10-17)5-7-14/h4-7H,8-9H2,1-3H3,(H,18,21). The monoisotopic (exact) mass is 282 g/mol. The van der Waals surface area contributed by atoms with Gasteiger partial charge in [0.15, 0.2) is 0 Å². The Morgan fingerprint density at radius 1 is 1.33 bits per heavy atom. The van der Waals surface area contributed by atoms with Gasteiger partial charge >= 0.3 is 0 Å². The van der Waals surface area contributed by atoms with Crippen molar-refractivity contribution in [3.63, 3.8) is 0 Å². The SMILES string of the molecule is Cc1nn(C)c(C)c1CCC(=O)Nc1ccc(C#N)cc1. The van der Waals surface area contributed by atoms with Gasteiger partial charge < -0.3 is 5.32 Å². The number of aromatic nitrogens is 2. The number of nitrogens with zero attached hydrogens (tertiary/aromatic N) is 3. The second-order valence-electron chi connectivity index (χ2n) is 5.01. The number of hydrogen-bond donors (Lipinski definition) is 1. The maximum absolute atomic E-state index is 12.0. The zero-order valence-corrected chi connectivity index (χ0v) is 12.5. The molecule has 0 fully saturated rings. The van der Waals surface area contributed by atoms with E-state index in [4.69, 9.17) is 5.26 Å². The molecule has 1 heterocycles. The minimum absolute atomic E-state index is 0.0395. The normalized spacial score (nSPS) is 10.2. The summed E-state index contributed by atoms with van der Waals surface area (Å²) in [6, 6.07) is 8.88. The lowest BCUT2D eigenvalue weighted by Gasteiger charge is -2.05. The first kappa shape index (κ1) is 14.8. The third-order valence-electron chi connectivity index (χ3n) is 3.56. The molecule has 0 saturated heterocycles. The number of benzene rings is 1. The van der Waals surface area contributed by atoms with E-state index in [0.29, 0.717) is 24.1 Å². The molecule has 0 atom stereocenters. The van der Waals surface area contributed by atoms with Crippen LogP contribution in [-0.2, 0) is 18.3 Å². The molecule has 0 saturated carbocycles. The summed E-state index contributed by atoms with van der Waals surface area (Å²) in [6.45, 7) is 3.97. The van der Waals surface area contributed by atoms with Gasteiger partial charge in [0.2, 0.25) is 5.91 Å². The summed E-state index contributed by atoms with van der Waals surface area (Å²) in [6.07, 6.45) is 1.08. The van der Waals surface area contributed by atoms with Crippen molar-refractivity contribution in [2.75, 3.05) is 5.32 Å². The predicted molar refractivity (Wildman–Crippen MR) is 80.8 cm³/mol. The molecule has 0 spiro atoms. The molecule has 21 heavy (non-hydrogen) atoms. The Labute approximate surface area is 124 Å². The van der Waals surface area contributed by atoms with Crippen LogP contribution < -0.4 is 5.32 Å². The molecule has 2 rings (SSSR count). The van der Waals surface area contributed by atoms with E-state index in [2.05, 4.69) is 10.4 Å². The summed E-state index contributed by atoms with van der Waals surface area (Å²) >= 11 is 0. The number of carbonyl (C=O) groups excluding carboxylic acids is 1. The Hall–Kier alpha value is -2.61. The third-order valence-corrected chi connectivity index (χ3v) is 3.56. The van der Waals surface area contributed by atoms with Gasteiger partial charge in [0.05, 0.1) is 17.3 Å². The van der Waals surface area contributed by atoms with Crippen molar-refractivity contribution < 1.29 is 4.79 Å². The molecular formula is C16H18N4O. The summed E-state index contributed by atoms with van der Waals surface area (Å²) in [5.41, 5.74) is 4.49. The van der Waals surface area contributed by atoms with Gasteiger partial charge in [-0.15, -0.1) is 0 Å². The lowest BCUT2D eigenvalue weighted by molar-refractivity contribution is -0.116. The number of nitrogens with one attached hydrogen (secondary N) is 1. The maximum Gasteiger partial charge on any atom is 0.224 e. The van der Waals surface area contributed by atoms with Gasteiger partial charge in [-0.05, 0) is 50.1 Å². The van der Waals surface area contributed by atoms with E-state index in [1.54, 1.807) is 24.3 Å². The molecule has 1 aromatic heterocycles. The molecule has 5 heteroatoms. The summed E-state index contributed by atoms with van der Waals surface area (Å²) in [5, 5.41) is 15.9.